The van der Waals surface area contributed by atoms with Gasteiger partial charge in [-0.2, -0.15) is 0 Å². The van der Waals surface area contributed by atoms with Crippen LogP contribution in [0.2, 0.25) is 0 Å². The fraction of sp³-hybridized carbons (Fsp3) is 0.222. The number of rotatable bonds is 10. The minimum atomic E-state index is -1.05. The number of hydrogen-bond acceptors (Lipinski definition) is 5. The lowest BCUT2D eigenvalue weighted by atomic mass is 9.96. The van der Waals surface area contributed by atoms with Gasteiger partial charge in [0.1, 0.15) is 23.0 Å². The molecule has 5 aromatic rings. The van der Waals surface area contributed by atoms with Crippen molar-refractivity contribution in [3.05, 3.63) is 125 Å². The number of nitrogens with one attached hydrogen (secondary N) is 3. The van der Waals surface area contributed by atoms with E-state index in [0.29, 0.717) is 34.8 Å². The van der Waals surface area contributed by atoms with E-state index >= 15 is 4.39 Å². The van der Waals surface area contributed by atoms with Gasteiger partial charge in [0, 0.05) is 38.1 Å². The summed E-state index contributed by atoms with van der Waals surface area (Å²) in [7, 11) is 0. The Labute approximate surface area is 278 Å². The number of halogens is 4. The molecule has 0 aliphatic carbocycles. The predicted molar refractivity (Wildman–Crippen MR) is 173 cm³/mol. The molecule has 252 valence electrons. The molecule has 1 aliphatic heterocycles. The Morgan fingerprint density at radius 3 is 2.33 bits per heavy atom. The molecule has 3 aromatic carbocycles. The highest BCUT2D eigenvalue weighted by atomic mass is 19.2. The highest BCUT2D eigenvalue weighted by Gasteiger charge is 2.19. The maximum atomic E-state index is 15.0. The average Bonchev–Trinajstić information content (AvgIpc) is 3.53. The zero-order valence-corrected chi connectivity index (χ0v) is 26.1. The van der Waals surface area contributed by atoms with Crippen molar-refractivity contribution in [3.63, 3.8) is 0 Å². The van der Waals surface area contributed by atoms with Crippen molar-refractivity contribution in [1.29, 1.82) is 0 Å². The minimum Gasteiger partial charge on any atom is -0.381 e. The van der Waals surface area contributed by atoms with E-state index < -0.39 is 41.0 Å². The predicted octanol–water partition coefficient (Wildman–Crippen LogP) is 6.29. The van der Waals surface area contributed by atoms with Crippen LogP contribution < -0.4 is 16.0 Å². The van der Waals surface area contributed by atoms with Gasteiger partial charge >= 0.3 is 0 Å². The zero-order chi connectivity index (χ0) is 34.5. The van der Waals surface area contributed by atoms with Crippen LogP contribution in [-0.4, -0.2) is 46.9 Å². The van der Waals surface area contributed by atoms with E-state index in [9.17, 15) is 27.6 Å². The normalized spacial score (nSPS) is 13.3. The van der Waals surface area contributed by atoms with Gasteiger partial charge in [-0.1, -0.05) is 12.1 Å². The molecule has 1 fully saturated rings. The molecular formula is C36H31F4N5O4. The SMILES string of the molecule is O=C(NCc1ccc(F)c(F)c1)c1ccc(F)c(NC(=O)c2cnc3cc(-c4ccc(C(=O)NCCC5CCOCC5)c(F)c4)ccn23)c1. The van der Waals surface area contributed by atoms with E-state index in [1.807, 2.05) is 0 Å². The first-order valence-corrected chi connectivity index (χ1v) is 15.6. The molecule has 1 saturated heterocycles. The molecule has 1 aliphatic rings. The van der Waals surface area contributed by atoms with Gasteiger partial charge in [-0.25, -0.2) is 22.5 Å². The Morgan fingerprint density at radius 2 is 1.55 bits per heavy atom. The first-order chi connectivity index (χ1) is 23.7. The van der Waals surface area contributed by atoms with E-state index in [1.165, 1.54) is 34.9 Å². The second-order valence-corrected chi connectivity index (χ2v) is 11.7. The summed E-state index contributed by atoms with van der Waals surface area (Å²) in [5.41, 5.74) is 1.51. The number of amides is 3. The van der Waals surface area contributed by atoms with E-state index in [1.54, 1.807) is 24.4 Å². The lowest BCUT2D eigenvalue weighted by Crippen LogP contribution is -2.28. The van der Waals surface area contributed by atoms with Crippen LogP contribution in [0.4, 0.5) is 23.2 Å². The van der Waals surface area contributed by atoms with E-state index in [0.717, 1.165) is 56.7 Å². The van der Waals surface area contributed by atoms with Gasteiger partial charge in [-0.3, -0.25) is 18.8 Å². The number of aromatic nitrogens is 2. The molecule has 0 atom stereocenters. The smallest absolute Gasteiger partial charge is 0.274 e. The van der Waals surface area contributed by atoms with Crippen molar-refractivity contribution in [2.24, 2.45) is 5.92 Å². The molecule has 0 saturated carbocycles. The Bertz CT molecular complexity index is 2040. The Kier molecular flexibility index (Phi) is 10.00. The van der Waals surface area contributed by atoms with Gasteiger partial charge in [0.15, 0.2) is 11.6 Å². The van der Waals surface area contributed by atoms with Crippen LogP contribution in [0.5, 0.6) is 0 Å². The third-order valence-electron chi connectivity index (χ3n) is 8.39. The zero-order valence-electron chi connectivity index (χ0n) is 26.1. The minimum absolute atomic E-state index is 0.0211. The molecule has 13 heteroatoms. The molecule has 0 bridgehead atoms. The number of benzene rings is 3. The lowest BCUT2D eigenvalue weighted by Gasteiger charge is -2.21. The van der Waals surface area contributed by atoms with Gasteiger partial charge in [-0.05, 0) is 96.5 Å². The molecule has 0 radical (unpaired) electrons. The maximum Gasteiger partial charge on any atom is 0.274 e. The first kappa shape index (κ1) is 33.3. The fourth-order valence-electron chi connectivity index (χ4n) is 5.61. The molecule has 3 N–H and O–H groups in total. The number of ether oxygens (including phenoxy) is 1. The van der Waals surface area contributed by atoms with Gasteiger partial charge < -0.3 is 20.7 Å². The van der Waals surface area contributed by atoms with Crippen LogP contribution in [0.25, 0.3) is 16.8 Å². The maximum absolute atomic E-state index is 15.0. The van der Waals surface area contributed by atoms with Crippen molar-refractivity contribution in [2.75, 3.05) is 25.1 Å². The molecule has 0 unspecified atom stereocenters. The fourth-order valence-corrected chi connectivity index (χ4v) is 5.61. The van der Waals surface area contributed by atoms with Crippen molar-refractivity contribution < 1.29 is 36.7 Å². The highest BCUT2D eigenvalue weighted by Crippen LogP contribution is 2.25. The van der Waals surface area contributed by atoms with Crippen LogP contribution in [0.1, 0.15) is 56.0 Å². The number of carbonyl (C=O) groups excluding carboxylic acids is 3. The summed E-state index contributed by atoms with van der Waals surface area (Å²) < 4.78 is 63.2. The number of pyridine rings is 1. The van der Waals surface area contributed by atoms with E-state index in [2.05, 4.69) is 20.9 Å². The Balaban J connectivity index is 1.10. The number of hydrogen-bond donors (Lipinski definition) is 3. The highest BCUT2D eigenvalue weighted by molar-refractivity contribution is 6.04. The van der Waals surface area contributed by atoms with Crippen molar-refractivity contribution in [3.8, 4) is 11.1 Å². The van der Waals surface area contributed by atoms with Crippen molar-refractivity contribution in [2.45, 2.75) is 25.8 Å². The summed E-state index contributed by atoms with van der Waals surface area (Å²) in [5.74, 6) is -4.88. The molecule has 3 amide bonds. The largest absolute Gasteiger partial charge is 0.381 e. The van der Waals surface area contributed by atoms with E-state index in [-0.39, 0.29) is 29.1 Å². The van der Waals surface area contributed by atoms with Crippen LogP contribution in [-0.2, 0) is 11.3 Å². The summed E-state index contributed by atoms with van der Waals surface area (Å²) in [5, 5.41) is 7.78. The number of imidazole rings is 1. The summed E-state index contributed by atoms with van der Waals surface area (Å²) in [6.07, 6.45) is 5.55. The van der Waals surface area contributed by atoms with Crippen molar-refractivity contribution in [1.82, 2.24) is 20.0 Å². The standard InChI is InChI=1S/C36H31F4N5O4/c37-27-5-1-22(15-30(27)40)19-43-34(46)25-3-6-28(38)31(17-25)44-36(48)32-20-42-33-18-24(8-12-45(32)33)23-2-4-26(29(39)16-23)35(47)41-11-7-21-9-13-49-14-10-21/h1-6,8,12,15-18,20-21H,7,9-11,13-14,19H2,(H,41,47)(H,43,46)(H,44,48). The molecular weight excluding hydrogens is 642 g/mol. The molecule has 6 rings (SSSR count). The second kappa shape index (κ2) is 14.7. The summed E-state index contributed by atoms with van der Waals surface area (Å²) in [6, 6.07) is 14.2. The second-order valence-electron chi connectivity index (χ2n) is 11.7. The first-order valence-electron chi connectivity index (χ1n) is 15.6. The monoisotopic (exact) mass is 673 g/mol. The van der Waals surface area contributed by atoms with Gasteiger partial charge in [0.05, 0.1) is 17.4 Å². The lowest BCUT2D eigenvalue weighted by molar-refractivity contribution is 0.0636. The quantitative estimate of drug-likeness (QED) is 0.151. The van der Waals surface area contributed by atoms with Crippen LogP contribution in [0.15, 0.2) is 79.1 Å². The molecule has 49 heavy (non-hydrogen) atoms. The number of carbonyl (C=O) groups is 3. The van der Waals surface area contributed by atoms with Crippen LogP contribution in [0, 0.1) is 29.2 Å². The number of fused-ring (bicyclic) bond motifs is 1. The van der Waals surface area contributed by atoms with Crippen LogP contribution >= 0.6 is 0 Å². The summed E-state index contributed by atoms with van der Waals surface area (Å²) >= 11 is 0. The van der Waals surface area contributed by atoms with Gasteiger partial charge in [-0.15, -0.1) is 0 Å². The van der Waals surface area contributed by atoms with Gasteiger partial charge in [0.25, 0.3) is 17.7 Å². The molecule has 3 heterocycles. The van der Waals surface area contributed by atoms with E-state index in [4.69, 9.17) is 4.74 Å². The summed E-state index contributed by atoms with van der Waals surface area (Å²) in [6.45, 7) is 1.78. The Hall–Kier alpha value is -5.56. The van der Waals surface area contributed by atoms with Crippen molar-refractivity contribution >= 4 is 29.1 Å². The average molecular weight is 674 g/mol. The number of nitrogens with zero attached hydrogens (tertiary/aromatic N) is 2. The van der Waals surface area contributed by atoms with Gasteiger partial charge in [0.2, 0.25) is 0 Å². The van der Waals surface area contributed by atoms with Crippen LogP contribution in [0.3, 0.4) is 0 Å². The number of anilines is 1. The molecule has 9 nitrogen and oxygen atoms in total. The summed E-state index contributed by atoms with van der Waals surface area (Å²) in [4.78, 5) is 42.7. The Morgan fingerprint density at radius 1 is 0.776 bits per heavy atom. The molecule has 2 aromatic heterocycles. The third kappa shape index (κ3) is 7.78. The third-order valence-corrected chi connectivity index (χ3v) is 8.39. The topological polar surface area (TPSA) is 114 Å². The molecule has 0 spiro atoms.